The van der Waals surface area contributed by atoms with Crippen molar-refractivity contribution in [1.29, 1.82) is 0 Å². The van der Waals surface area contributed by atoms with Gasteiger partial charge in [-0.05, 0) is 48.4 Å². The van der Waals surface area contributed by atoms with E-state index in [1.54, 1.807) is 43.3 Å². The largest absolute Gasteiger partial charge is 0.497 e. The summed E-state index contributed by atoms with van der Waals surface area (Å²) in [5.74, 6) is 0.417. The fraction of sp³-hybridized carbons (Fsp3) is 0.318. The molecule has 0 spiro atoms. The number of likely N-dealkylation sites (N-methyl/N-ethyl adjacent to an activating group) is 1. The number of anilines is 2. The molecule has 0 unspecified atom stereocenters. The molecular formula is C22H25N3O4. The van der Waals surface area contributed by atoms with E-state index in [0.29, 0.717) is 17.9 Å². The minimum absolute atomic E-state index is 0.0365. The summed E-state index contributed by atoms with van der Waals surface area (Å²) in [6, 6.07) is 14.4. The first-order chi connectivity index (χ1) is 14.0. The monoisotopic (exact) mass is 395 g/mol. The second-order valence-electron chi connectivity index (χ2n) is 7.02. The highest BCUT2D eigenvalue weighted by molar-refractivity contribution is 5.96. The van der Waals surface area contributed by atoms with Crippen LogP contribution in [0.15, 0.2) is 48.5 Å². The van der Waals surface area contributed by atoms with Crippen molar-refractivity contribution >= 4 is 29.1 Å². The Morgan fingerprint density at radius 2 is 1.79 bits per heavy atom. The Morgan fingerprint density at radius 3 is 2.38 bits per heavy atom. The Morgan fingerprint density at radius 1 is 1.10 bits per heavy atom. The van der Waals surface area contributed by atoms with E-state index in [-0.39, 0.29) is 30.7 Å². The summed E-state index contributed by atoms with van der Waals surface area (Å²) in [7, 11) is 3.18. The van der Waals surface area contributed by atoms with Gasteiger partial charge in [0.25, 0.3) is 0 Å². The molecule has 2 aromatic carbocycles. The molecule has 0 aliphatic carbocycles. The van der Waals surface area contributed by atoms with E-state index >= 15 is 0 Å². The van der Waals surface area contributed by atoms with Gasteiger partial charge in [0.2, 0.25) is 17.7 Å². The van der Waals surface area contributed by atoms with Crippen molar-refractivity contribution in [2.75, 3.05) is 37.5 Å². The molecule has 0 radical (unpaired) electrons. The van der Waals surface area contributed by atoms with Crippen molar-refractivity contribution in [2.24, 2.45) is 0 Å². The maximum Gasteiger partial charge on any atom is 0.243 e. The third-order valence-corrected chi connectivity index (χ3v) is 4.86. The highest BCUT2D eigenvalue weighted by atomic mass is 16.5. The molecular weight excluding hydrogens is 370 g/mol. The molecule has 0 atom stereocenters. The molecule has 7 heteroatoms. The van der Waals surface area contributed by atoms with Crippen LogP contribution in [0.5, 0.6) is 5.75 Å². The van der Waals surface area contributed by atoms with Crippen LogP contribution in [0.4, 0.5) is 11.4 Å². The lowest BCUT2D eigenvalue weighted by molar-refractivity contribution is -0.132. The number of hydrogen-bond donors (Lipinski definition) is 1. The Kier molecular flexibility index (Phi) is 6.49. The van der Waals surface area contributed by atoms with E-state index in [0.717, 1.165) is 24.2 Å². The fourth-order valence-electron chi connectivity index (χ4n) is 3.20. The van der Waals surface area contributed by atoms with Gasteiger partial charge in [0.1, 0.15) is 5.75 Å². The van der Waals surface area contributed by atoms with Crippen LogP contribution in [-0.4, -0.2) is 49.9 Å². The zero-order chi connectivity index (χ0) is 20.8. The summed E-state index contributed by atoms with van der Waals surface area (Å²) < 4.78 is 5.08. The van der Waals surface area contributed by atoms with Crippen LogP contribution < -0.4 is 15.0 Å². The van der Waals surface area contributed by atoms with Crippen molar-refractivity contribution in [1.82, 2.24) is 4.90 Å². The SMILES string of the molecule is COc1ccc(NC(=O)CN(C)C(=O)Cc2ccc(N3CCCC3=O)cc2)cc1. The lowest BCUT2D eigenvalue weighted by Crippen LogP contribution is -2.35. The lowest BCUT2D eigenvalue weighted by atomic mass is 10.1. The van der Waals surface area contributed by atoms with Gasteiger partial charge >= 0.3 is 0 Å². The quantitative estimate of drug-likeness (QED) is 0.781. The van der Waals surface area contributed by atoms with Crippen LogP contribution >= 0.6 is 0 Å². The Labute approximate surface area is 170 Å². The van der Waals surface area contributed by atoms with Crippen molar-refractivity contribution in [2.45, 2.75) is 19.3 Å². The maximum atomic E-state index is 12.4. The molecule has 2 aromatic rings. The number of carbonyl (C=O) groups is 3. The van der Waals surface area contributed by atoms with Crippen LogP contribution in [0.1, 0.15) is 18.4 Å². The van der Waals surface area contributed by atoms with Crippen molar-refractivity contribution in [3.05, 3.63) is 54.1 Å². The highest BCUT2D eigenvalue weighted by Crippen LogP contribution is 2.22. The molecule has 1 aliphatic heterocycles. The molecule has 0 saturated carbocycles. The average molecular weight is 395 g/mol. The zero-order valence-corrected chi connectivity index (χ0v) is 16.7. The van der Waals surface area contributed by atoms with Crippen molar-refractivity contribution in [3.63, 3.8) is 0 Å². The van der Waals surface area contributed by atoms with Crippen molar-refractivity contribution in [3.8, 4) is 5.75 Å². The van der Waals surface area contributed by atoms with Crippen molar-refractivity contribution < 1.29 is 19.1 Å². The first-order valence-corrected chi connectivity index (χ1v) is 9.53. The Balaban J connectivity index is 1.50. The number of hydrogen-bond acceptors (Lipinski definition) is 4. The summed E-state index contributed by atoms with van der Waals surface area (Å²) in [4.78, 5) is 39.6. The lowest BCUT2D eigenvalue weighted by Gasteiger charge is -2.18. The number of methoxy groups -OCH3 is 1. The molecule has 1 fully saturated rings. The Bertz CT molecular complexity index is 878. The summed E-state index contributed by atoms with van der Waals surface area (Å²) >= 11 is 0. The third kappa shape index (κ3) is 5.34. The third-order valence-electron chi connectivity index (χ3n) is 4.86. The highest BCUT2D eigenvalue weighted by Gasteiger charge is 2.21. The number of benzene rings is 2. The molecule has 29 heavy (non-hydrogen) atoms. The summed E-state index contributed by atoms with van der Waals surface area (Å²) in [6.45, 7) is 0.703. The number of amides is 3. The molecule has 152 valence electrons. The smallest absolute Gasteiger partial charge is 0.243 e. The predicted molar refractivity (Wildman–Crippen MR) is 111 cm³/mol. The van der Waals surface area contributed by atoms with Crippen LogP contribution in [0.3, 0.4) is 0 Å². The van der Waals surface area contributed by atoms with Gasteiger partial charge in [-0.3, -0.25) is 14.4 Å². The van der Waals surface area contributed by atoms with E-state index in [2.05, 4.69) is 5.32 Å². The van der Waals surface area contributed by atoms with E-state index < -0.39 is 0 Å². The number of rotatable bonds is 7. The number of carbonyl (C=O) groups excluding carboxylic acids is 3. The molecule has 1 N–H and O–H groups in total. The van der Waals surface area contributed by atoms with E-state index in [1.165, 1.54) is 4.90 Å². The first-order valence-electron chi connectivity index (χ1n) is 9.53. The van der Waals surface area contributed by atoms with Crippen LogP contribution in [0.2, 0.25) is 0 Å². The van der Waals surface area contributed by atoms with Gasteiger partial charge in [-0.2, -0.15) is 0 Å². The summed E-state index contributed by atoms with van der Waals surface area (Å²) in [5.41, 5.74) is 2.34. The van der Waals surface area contributed by atoms with Gasteiger partial charge in [0.05, 0.1) is 20.1 Å². The summed E-state index contributed by atoms with van der Waals surface area (Å²) in [6.07, 6.45) is 1.66. The minimum atomic E-state index is -0.270. The minimum Gasteiger partial charge on any atom is -0.497 e. The molecule has 7 nitrogen and oxygen atoms in total. The topological polar surface area (TPSA) is 79.0 Å². The van der Waals surface area contributed by atoms with Gasteiger partial charge in [-0.15, -0.1) is 0 Å². The van der Waals surface area contributed by atoms with E-state index in [4.69, 9.17) is 4.74 Å². The van der Waals surface area contributed by atoms with Gasteiger partial charge in [-0.25, -0.2) is 0 Å². The number of ether oxygens (including phenoxy) is 1. The maximum absolute atomic E-state index is 12.4. The van der Waals surface area contributed by atoms with Gasteiger partial charge in [0, 0.05) is 31.4 Å². The number of nitrogens with zero attached hydrogens (tertiary/aromatic N) is 2. The van der Waals surface area contributed by atoms with Gasteiger partial charge < -0.3 is 19.9 Å². The normalized spacial score (nSPS) is 13.3. The van der Waals surface area contributed by atoms with E-state index in [9.17, 15) is 14.4 Å². The Hall–Kier alpha value is -3.35. The van der Waals surface area contributed by atoms with Gasteiger partial charge in [-0.1, -0.05) is 12.1 Å². The second-order valence-corrected chi connectivity index (χ2v) is 7.02. The van der Waals surface area contributed by atoms with Crippen LogP contribution in [0.25, 0.3) is 0 Å². The van der Waals surface area contributed by atoms with Crippen LogP contribution in [-0.2, 0) is 20.8 Å². The first kappa shape index (κ1) is 20.4. The zero-order valence-electron chi connectivity index (χ0n) is 16.7. The molecule has 1 aliphatic rings. The van der Waals surface area contributed by atoms with Crippen LogP contribution in [0, 0.1) is 0 Å². The molecule has 1 heterocycles. The molecule has 3 amide bonds. The molecule has 0 aromatic heterocycles. The van der Waals surface area contributed by atoms with Gasteiger partial charge in [0.15, 0.2) is 0 Å². The molecule has 1 saturated heterocycles. The average Bonchev–Trinajstić information content (AvgIpc) is 3.15. The second kappa shape index (κ2) is 9.23. The molecule has 3 rings (SSSR count). The number of nitrogens with one attached hydrogen (secondary N) is 1. The predicted octanol–water partition coefficient (Wildman–Crippen LogP) is 2.46. The summed E-state index contributed by atoms with van der Waals surface area (Å²) in [5, 5.41) is 2.76. The van der Waals surface area contributed by atoms with E-state index in [1.807, 2.05) is 24.3 Å². The molecule has 0 bridgehead atoms. The fourth-order valence-corrected chi connectivity index (χ4v) is 3.20. The standard InChI is InChI=1S/C22H25N3O4/c1-24(15-20(26)23-17-7-11-19(29-2)12-8-17)22(28)14-16-5-9-18(10-6-16)25-13-3-4-21(25)27/h5-12H,3-4,13-15H2,1-2H3,(H,23,26).